The average molecular weight is 410 g/mol. The highest BCUT2D eigenvalue weighted by Crippen LogP contribution is 2.38. The minimum atomic E-state index is -0.572. The van der Waals surface area contributed by atoms with E-state index in [0.717, 1.165) is 48.6 Å². The largest absolute Gasteiger partial charge is 0.496 e. The van der Waals surface area contributed by atoms with Gasteiger partial charge in [0.2, 0.25) is 5.95 Å². The lowest BCUT2D eigenvalue weighted by Crippen LogP contribution is -2.36. The van der Waals surface area contributed by atoms with Crippen molar-refractivity contribution in [3.05, 3.63) is 71.5 Å². The van der Waals surface area contributed by atoms with E-state index >= 15 is 0 Å². The number of ether oxygens (including phenoxy) is 1. The number of piperidine rings is 1. The first-order valence-electron chi connectivity index (χ1n) is 9.79. The average Bonchev–Trinajstić information content (AvgIpc) is 2.79. The fraction of sp³-hybridized carbons (Fsp3) is 0.304. The molecule has 0 amide bonds. The quantitative estimate of drug-likeness (QED) is 0.658. The van der Waals surface area contributed by atoms with Gasteiger partial charge in [-0.05, 0) is 54.2 Å². The molecule has 0 unspecified atom stereocenters. The Bertz CT molecular complexity index is 959. The summed E-state index contributed by atoms with van der Waals surface area (Å²) < 4.78 is 5.62. The van der Waals surface area contributed by atoms with E-state index in [2.05, 4.69) is 14.9 Å². The summed E-state index contributed by atoms with van der Waals surface area (Å²) in [6.45, 7) is 1.66. The number of methoxy groups -OCH3 is 1. The van der Waals surface area contributed by atoms with Crippen molar-refractivity contribution < 1.29 is 9.84 Å². The van der Waals surface area contributed by atoms with Gasteiger partial charge < -0.3 is 14.7 Å². The molecule has 1 aliphatic rings. The van der Waals surface area contributed by atoms with Crippen LogP contribution in [0.5, 0.6) is 5.75 Å². The zero-order chi connectivity index (χ0) is 20.2. The van der Waals surface area contributed by atoms with Crippen LogP contribution in [0.4, 0.5) is 5.95 Å². The minimum Gasteiger partial charge on any atom is -0.496 e. The second-order valence-corrected chi connectivity index (χ2v) is 7.72. The summed E-state index contributed by atoms with van der Waals surface area (Å²) in [5.41, 5.74) is 2.86. The topological polar surface area (TPSA) is 58.5 Å². The highest BCUT2D eigenvalue weighted by molar-refractivity contribution is 6.30. The van der Waals surface area contributed by atoms with Crippen LogP contribution >= 0.6 is 11.6 Å². The van der Waals surface area contributed by atoms with Crippen molar-refractivity contribution in [3.8, 4) is 16.9 Å². The van der Waals surface area contributed by atoms with Crippen molar-refractivity contribution in [3.63, 3.8) is 0 Å². The second kappa shape index (κ2) is 8.80. The van der Waals surface area contributed by atoms with Gasteiger partial charge in [-0.3, -0.25) is 0 Å². The molecule has 2 heterocycles. The number of hydrogen-bond donors (Lipinski definition) is 1. The van der Waals surface area contributed by atoms with Crippen molar-refractivity contribution in [2.75, 3.05) is 25.1 Å². The summed E-state index contributed by atoms with van der Waals surface area (Å²) in [7, 11) is 1.64. The number of nitrogens with zero attached hydrogens (tertiary/aromatic N) is 3. The van der Waals surface area contributed by atoms with Gasteiger partial charge in [0.1, 0.15) is 5.75 Å². The highest BCUT2D eigenvalue weighted by atomic mass is 35.5. The van der Waals surface area contributed by atoms with E-state index < -0.39 is 6.10 Å². The van der Waals surface area contributed by atoms with Crippen molar-refractivity contribution in [2.24, 2.45) is 5.92 Å². The summed E-state index contributed by atoms with van der Waals surface area (Å²) in [5.74, 6) is 1.62. The predicted molar refractivity (Wildman–Crippen MR) is 115 cm³/mol. The van der Waals surface area contributed by atoms with E-state index in [1.807, 2.05) is 48.5 Å². The molecule has 3 aromatic rings. The van der Waals surface area contributed by atoms with Gasteiger partial charge in [0.15, 0.2) is 0 Å². The molecular weight excluding hydrogens is 386 g/mol. The first-order valence-corrected chi connectivity index (χ1v) is 10.2. The smallest absolute Gasteiger partial charge is 0.225 e. The predicted octanol–water partition coefficient (Wildman–Crippen LogP) is 4.76. The molecule has 5 nitrogen and oxygen atoms in total. The van der Waals surface area contributed by atoms with Crippen LogP contribution in [0.15, 0.2) is 60.9 Å². The summed E-state index contributed by atoms with van der Waals surface area (Å²) in [6.07, 6.45) is 4.69. The van der Waals surface area contributed by atoms with Crippen LogP contribution in [0.25, 0.3) is 11.1 Å². The van der Waals surface area contributed by atoms with Gasteiger partial charge in [0.25, 0.3) is 0 Å². The number of aromatic nitrogens is 2. The third-order valence-corrected chi connectivity index (χ3v) is 5.77. The van der Waals surface area contributed by atoms with Crippen LogP contribution in [0, 0.1) is 5.92 Å². The molecule has 150 valence electrons. The maximum Gasteiger partial charge on any atom is 0.225 e. The monoisotopic (exact) mass is 409 g/mol. The number of benzene rings is 2. The molecule has 1 atom stereocenters. The van der Waals surface area contributed by atoms with Gasteiger partial charge >= 0.3 is 0 Å². The summed E-state index contributed by atoms with van der Waals surface area (Å²) in [5, 5.41) is 11.8. The van der Waals surface area contributed by atoms with Gasteiger partial charge in [-0.15, -0.1) is 0 Å². The molecule has 29 heavy (non-hydrogen) atoms. The lowest BCUT2D eigenvalue weighted by Gasteiger charge is -2.34. The van der Waals surface area contributed by atoms with Crippen molar-refractivity contribution in [1.29, 1.82) is 0 Å². The zero-order valence-corrected chi connectivity index (χ0v) is 17.1. The van der Waals surface area contributed by atoms with Gasteiger partial charge in [0.05, 0.1) is 13.2 Å². The Balaban J connectivity index is 1.49. The van der Waals surface area contributed by atoms with Crippen molar-refractivity contribution in [2.45, 2.75) is 18.9 Å². The third-order valence-electron chi connectivity index (χ3n) is 5.53. The fourth-order valence-electron chi connectivity index (χ4n) is 3.93. The molecule has 0 radical (unpaired) electrons. The Kier molecular flexibility index (Phi) is 5.97. The molecule has 1 saturated heterocycles. The molecule has 1 aromatic heterocycles. The highest BCUT2D eigenvalue weighted by Gasteiger charge is 2.29. The Labute approximate surface area is 176 Å². The maximum absolute atomic E-state index is 11.1. The van der Waals surface area contributed by atoms with Crippen LogP contribution < -0.4 is 9.64 Å². The molecule has 6 heteroatoms. The molecule has 0 bridgehead atoms. The first-order chi connectivity index (χ1) is 14.2. The molecule has 1 fully saturated rings. The van der Waals surface area contributed by atoms with Crippen LogP contribution in [0.2, 0.25) is 5.02 Å². The Morgan fingerprint density at radius 3 is 2.45 bits per heavy atom. The SMILES string of the molecule is COc1cc(-c2cccc(Cl)c2)ccc1[C@H](O)C1CCN(c2ncccn2)CC1. The Morgan fingerprint density at radius 1 is 1.03 bits per heavy atom. The number of aliphatic hydroxyl groups is 1. The lowest BCUT2D eigenvalue weighted by atomic mass is 9.86. The van der Waals surface area contributed by atoms with Gasteiger partial charge in [-0.1, -0.05) is 35.9 Å². The number of hydrogen-bond acceptors (Lipinski definition) is 5. The Morgan fingerprint density at radius 2 is 1.76 bits per heavy atom. The number of aliphatic hydroxyl groups excluding tert-OH is 1. The molecule has 0 saturated carbocycles. The molecule has 2 aromatic carbocycles. The molecule has 1 N–H and O–H groups in total. The number of anilines is 1. The van der Waals surface area contributed by atoms with Crippen molar-refractivity contribution in [1.82, 2.24) is 9.97 Å². The molecule has 4 rings (SSSR count). The van der Waals surface area contributed by atoms with Crippen LogP contribution in [-0.4, -0.2) is 35.3 Å². The van der Waals surface area contributed by atoms with Crippen LogP contribution in [0.1, 0.15) is 24.5 Å². The Hall–Kier alpha value is -2.63. The number of halogens is 1. The molecular formula is C23H24ClN3O2. The summed E-state index contributed by atoms with van der Waals surface area (Å²) in [4.78, 5) is 10.8. The maximum atomic E-state index is 11.1. The molecule has 0 spiro atoms. The van der Waals surface area contributed by atoms with Gasteiger partial charge in [-0.25, -0.2) is 9.97 Å². The van der Waals surface area contributed by atoms with E-state index in [4.69, 9.17) is 16.3 Å². The normalized spacial score (nSPS) is 15.9. The van der Waals surface area contributed by atoms with Crippen LogP contribution in [-0.2, 0) is 0 Å². The first kappa shape index (κ1) is 19.7. The van der Waals surface area contributed by atoms with E-state index in [1.165, 1.54) is 0 Å². The number of rotatable bonds is 5. The summed E-state index contributed by atoms with van der Waals surface area (Å²) in [6, 6.07) is 15.5. The molecule has 1 aliphatic heterocycles. The standard InChI is InChI=1S/C23H24ClN3O2/c1-29-21-15-18(17-4-2-5-19(24)14-17)6-7-20(21)22(28)16-8-12-27(13-9-16)23-25-10-3-11-26-23/h2-7,10-11,14-16,22,28H,8-9,12-13H2,1H3/t22-/m1/s1. The van der Waals surface area contributed by atoms with Crippen molar-refractivity contribution >= 4 is 17.5 Å². The van der Waals surface area contributed by atoms with Crippen LogP contribution in [0.3, 0.4) is 0 Å². The zero-order valence-electron chi connectivity index (χ0n) is 16.3. The van der Waals surface area contributed by atoms with Gasteiger partial charge in [0, 0.05) is 36.1 Å². The van der Waals surface area contributed by atoms with E-state index in [9.17, 15) is 5.11 Å². The van der Waals surface area contributed by atoms with E-state index in [0.29, 0.717) is 10.8 Å². The van der Waals surface area contributed by atoms with E-state index in [-0.39, 0.29) is 5.92 Å². The second-order valence-electron chi connectivity index (χ2n) is 7.29. The van der Waals surface area contributed by atoms with Gasteiger partial charge in [-0.2, -0.15) is 0 Å². The van der Waals surface area contributed by atoms with E-state index in [1.54, 1.807) is 19.5 Å². The third kappa shape index (κ3) is 4.36. The summed E-state index contributed by atoms with van der Waals surface area (Å²) >= 11 is 6.12. The molecule has 0 aliphatic carbocycles. The minimum absolute atomic E-state index is 0.167. The lowest BCUT2D eigenvalue weighted by molar-refractivity contribution is 0.0902. The fourth-order valence-corrected chi connectivity index (χ4v) is 4.12.